The van der Waals surface area contributed by atoms with Crippen molar-refractivity contribution in [2.24, 2.45) is 0 Å². The number of carbonyl (C=O) groups excluding carboxylic acids is 4. The van der Waals surface area contributed by atoms with Crippen LogP contribution in [0.3, 0.4) is 0 Å². The molecule has 7 nitrogen and oxygen atoms in total. The van der Waals surface area contributed by atoms with Gasteiger partial charge >= 0.3 is 58.2 Å². The Kier molecular flexibility index (Phi) is 14.9. The van der Waals surface area contributed by atoms with E-state index in [0.29, 0.717) is 19.5 Å². The largest absolute Gasteiger partial charge is 1.00 e. The molecule has 0 bridgehead atoms. The molecule has 0 aliphatic carbocycles. The minimum absolute atomic E-state index is 0. The van der Waals surface area contributed by atoms with Crippen LogP contribution in [0.15, 0.2) is 24.3 Å². The first-order chi connectivity index (χ1) is 12.0. The third kappa shape index (κ3) is 12.6. The number of Topliss-reactive ketones (excluding diaryl/α,β-unsaturated/α-hetero) is 2. The molecule has 1 aromatic rings. The summed E-state index contributed by atoms with van der Waals surface area (Å²) in [4.78, 5) is 44.0. The average molecular weight is 434 g/mol. The van der Waals surface area contributed by atoms with Gasteiger partial charge in [-0.15, -0.1) is 6.54 Å². The van der Waals surface area contributed by atoms with Gasteiger partial charge in [0, 0.05) is 12.8 Å². The molecule has 1 rings (SSSR count). The maximum Gasteiger partial charge on any atom is 1.00 e. The van der Waals surface area contributed by atoms with Gasteiger partial charge in [0.05, 0.1) is 32.1 Å². The molecule has 136 valence electrons. The molecule has 0 radical (unpaired) electrons. The van der Waals surface area contributed by atoms with Crippen molar-refractivity contribution in [1.29, 1.82) is 0 Å². The van der Waals surface area contributed by atoms with Crippen molar-refractivity contribution in [1.82, 2.24) is 0 Å². The van der Waals surface area contributed by atoms with E-state index < -0.39 is 0 Å². The number of nitrogens with zero attached hydrogens (tertiary/aromatic N) is 1. The molecule has 0 saturated carbocycles. The molecule has 0 aromatic heterocycles. The molecular weight excluding hydrogens is 412 g/mol. The second-order valence-electron chi connectivity index (χ2n) is 5.49. The molecule has 0 saturated heterocycles. The molecular formula is C18H22NO6Rb. The van der Waals surface area contributed by atoms with Gasteiger partial charge in [-0.1, -0.05) is 29.8 Å². The number of ether oxygens (including phenoxy) is 2. The maximum atomic E-state index is 11.6. The van der Waals surface area contributed by atoms with Crippen molar-refractivity contribution in [3.63, 3.8) is 0 Å². The molecule has 0 atom stereocenters. The summed E-state index contributed by atoms with van der Waals surface area (Å²) in [6.07, 6.45) is 0.695. The summed E-state index contributed by atoms with van der Waals surface area (Å²) in [6.45, 7) is 2.46. The fraction of sp³-hybridized carbons (Fsp3) is 0.444. The van der Waals surface area contributed by atoms with Crippen LogP contribution in [-0.2, 0) is 41.6 Å². The van der Waals surface area contributed by atoms with E-state index >= 15 is 0 Å². The first-order valence-corrected chi connectivity index (χ1v) is 7.93. The molecule has 0 fully saturated rings. The molecule has 1 aromatic carbocycles. The van der Waals surface area contributed by atoms with Gasteiger partial charge in [0.2, 0.25) is 0 Å². The third-order valence-corrected chi connectivity index (χ3v) is 3.15. The number of hydrogen-bond acceptors (Lipinski definition) is 6. The van der Waals surface area contributed by atoms with Crippen molar-refractivity contribution in [2.45, 2.75) is 32.7 Å². The fourth-order valence-electron chi connectivity index (χ4n) is 2.01. The quantitative estimate of drug-likeness (QED) is 0.219. The standard InChI is InChI=1S/C18H23NO6.Rb/c1-14(21)9-17(22)10-15-3-5-16(6-4-15)11-19-18(23)12-24-7-2-8-25-13-20;/h3-6,13H,2,7-12H2,1H3,(H,19,23);/q;+1/p-1. The summed E-state index contributed by atoms with van der Waals surface area (Å²) >= 11 is 0. The Bertz CT molecular complexity index is 588. The van der Waals surface area contributed by atoms with Gasteiger partial charge in [0.1, 0.15) is 11.6 Å². The predicted molar refractivity (Wildman–Crippen MR) is 90.0 cm³/mol. The Morgan fingerprint density at radius 2 is 1.73 bits per heavy atom. The van der Waals surface area contributed by atoms with Crippen LogP contribution in [0.4, 0.5) is 0 Å². The van der Waals surface area contributed by atoms with Gasteiger partial charge in [-0.05, 0) is 12.5 Å². The second-order valence-corrected chi connectivity index (χ2v) is 5.49. The van der Waals surface area contributed by atoms with Crippen LogP contribution in [-0.4, -0.2) is 43.8 Å². The first-order valence-electron chi connectivity index (χ1n) is 7.93. The normalized spacial score (nSPS) is 9.73. The van der Waals surface area contributed by atoms with Crippen molar-refractivity contribution < 1.29 is 86.8 Å². The summed E-state index contributed by atoms with van der Waals surface area (Å²) in [5, 5.41) is 3.90. The smallest absolute Gasteiger partial charge is 0.648 e. The van der Waals surface area contributed by atoms with E-state index in [1.165, 1.54) is 6.92 Å². The number of amides is 1. The van der Waals surface area contributed by atoms with E-state index in [1.807, 2.05) is 0 Å². The summed E-state index contributed by atoms with van der Waals surface area (Å²) in [6, 6.07) is 7.17. The van der Waals surface area contributed by atoms with Crippen LogP contribution in [0.2, 0.25) is 0 Å². The zero-order valence-electron chi connectivity index (χ0n) is 15.2. The molecule has 1 amide bonds. The van der Waals surface area contributed by atoms with E-state index in [1.54, 1.807) is 24.3 Å². The molecule has 0 heterocycles. The van der Waals surface area contributed by atoms with Gasteiger partial charge in [-0.3, -0.25) is 14.4 Å². The van der Waals surface area contributed by atoms with E-state index in [9.17, 15) is 19.2 Å². The van der Waals surface area contributed by atoms with Crippen LogP contribution in [0, 0.1) is 0 Å². The molecule has 0 unspecified atom stereocenters. The predicted octanol–water partition coefficient (Wildman–Crippen LogP) is -1.24. The van der Waals surface area contributed by atoms with E-state index in [-0.39, 0.29) is 108 Å². The van der Waals surface area contributed by atoms with Crippen molar-refractivity contribution in [2.75, 3.05) is 19.8 Å². The minimum atomic E-state index is -0.364. The zero-order valence-corrected chi connectivity index (χ0v) is 20.1. The van der Waals surface area contributed by atoms with Crippen molar-refractivity contribution >= 4 is 23.9 Å². The minimum Gasteiger partial charge on any atom is -0.648 e. The Morgan fingerprint density at radius 3 is 2.35 bits per heavy atom. The molecule has 0 aliphatic rings. The Morgan fingerprint density at radius 1 is 1.08 bits per heavy atom. The Labute approximate surface area is 202 Å². The topological polar surface area (TPSA) is 101 Å². The van der Waals surface area contributed by atoms with Crippen LogP contribution in [0.5, 0.6) is 0 Å². The van der Waals surface area contributed by atoms with E-state index in [4.69, 9.17) is 4.74 Å². The number of ketones is 2. The molecule has 8 heteroatoms. The molecule has 0 spiro atoms. The molecule has 0 aliphatic heterocycles. The third-order valence-electron chi connectivity index (χ3n) is 3.15. The number of carbonyl (C=O) groups is 4. The van der Waals surface area contributed by atoms with Crippen LogP contribution in [0.25, 0.3) is 5.32 Å². The summed E-state index contributed by atoms with van der Waals surface area (Å²) in [7, 11) is 0. The van der Waals surface area contributed by atoms with Gasteiger partial charge in [-0.25, -0.2) is 0 Å². The van der Waals surface area contributed by atoms with Gasteiger partial charge in [0.15, 0.2) is 0 Å². The Hall–Kier alpha value is -0.735. The van der Waals surface area contributed by atoms with Crippen LogP contribution in [0.1, 0.15) is 30.9 Å². The van der Waals surface area contributed by atoms with Gasteiger partial charge in [-0.2, -0.15) is 0 Å². The van der Waals surface area contributed by atoms with Crippen LogP contribution < -0.4 is 58.2 Å². The number of rotatable bonds is 13. The SMILES string of the molecule is CC(=O)CC(=O)Cc1ccc(C[N-]C(=O)COCCCOC=O)cc1.[Rb+]. The molecule has 0 N–H and O–H groups in total. The molecule has 26 heavy (non-hydrogen) atoms. The first kappa shape index (κ1) is 25.3. The summed E-state index contributed by atoms with van der Waals surface area (Å²) < 4.78 is 9.61. The van der Waals surface area contributed by atoms with Crippen molar-refractivity contribution in [3.8, 4) is 0 Å². The van der Waals surface area contributed by atoms with Gasteiger partial charge < -0.3 is 19.6 Å². The summed E-state index contributed by atoms with van der Waals surface area (Å²) in [5.41, 5.74) is 1.66. The monoisotopic (exact) mass is 433 g/mol. The average Bonchev–Trinajstić information content (AvgIpc) is 2.56. The zero-order chi connectivity index (χ0) is 18.5. The number of hydrogen-bond donors (Lipinski definition) is 0. The van der Waals surface area contributed by atoms with E-state index in [2.05, 4.69) is 10.1 Å². The number of benzene rings is 1. The van der Waals surface area contributed by atoms with E-state index in [0.717, 1.165) is 11.1 Å². The van der Waals surface area contributed by atoms with Crippen LogP contribution >= 0.6 is 0 Å². The maximum absolute atomic E-state index is 11.6. The van der Waals surface area contributed by atoms with Gasteiger partial charge in [0.25, 0.3) is 6.47 Å². The summed E-state index contributed by atoms with van der Waals surface area (Å²) in [5.74, 6) is -0.620. The Balaban J connectivity index is 0.00000625. The second kappa shape index (κ2) is 15.3. The van der Waals surface area contributed by atoms with Crippen molar-refractivity contribution in [3.05, 3.63) is 40.7 Å². The fourth-order valence-corrected chi connectivity index (χ4v) is 2.01.